The lowest BCUT2D eigenvalue weighted by molar-refractivity contribution is -0.120. The number of carbonyl (C=O) groups is 2. The van der Waals surface area contributed by atoms with Crippen LogP contribution in [0.1, 0.15) is 20.3 Å². The Kier molecular flexibility index (Phi) is 5.88. The molecule has 1 aromatic carbocycles. The minimum atomic E-state index is -0.175. The van der Waals surface area contributed by atoms with Crippen LogP contribution < -0.4 is 14.8 Å². The van der Waals surface area contributed by atoms with Crippen molar-refractivity contribution in [2.24, 2.45) is 0 Å². The van der Waals surface area contributed by atoms with Crippen LogP contribution in [0.15, 0.2) is 29.6 Å². The second-order valence-electron chi connectivity index (χ2n) is 7.65. The van der Waals surface area contributed by atoms with Crippen LogP contribution in [-0.4, -0.2) is 59.4 Å². The highest BCUT2D eigenvalue weighted by Crippen LogP contribution is 2.35. The van der Waals surface area contributed by atoms with Crippen LogP contribution in [0.25, 0.3) is 22.3 Å². The highest BCUT2D eigenvalue weighted by atomic mass is 32.1. The fraction of sp³-hybridized carbons (Fsp3) is 0.364. The standard InChI is InChI=1S/C22H24N4O4S/c1-12(27)20-8-15(10-26(20)3)30-21-9-18(19-11-31-22(25-19)23-13(2)28)24-17-7-14(29-4)5-6-16(17)21/h5-7,9,11,15,20H,8,10H2,1-4H3,(H,23,25,28). The molecule has 4 rings (SSSR count). The lowest BCUT2D eigenvalue weighted by Gasteiger charge is -2.16. The first kappa shape index (κ1) is 21.2. The van der Waals surface area contributed by atoms with E-state index >= 15 is 0 Å². The summed E-state index contributed by atoms with van der Waals surface area (Å²) in [5.74, 6) is 1.34. The summed E-state index contributed by atoms with van der Waals surface area (Å²) >= 11 is 1.34. The summed E-state index contributed by atoms with van der Waals surface area (Å²) in [6.07, 6.45) is 0.537. The predicted molar refractivity (Wildman–Crippen MR) is 120 cm³/mol. The van der Waals surface area contributed by atoms with E-state index in [-0.39, 0.29) is 23.8 Å². The van der Waals surface area contributed by atoms with Gasteiger partial charge in [-0.15, -0.1) is 11.3 Å². The predicted octanol–water partition coefficient (Wildman–Crippen LogP) is 3.37. The zero-order valence-electron chi connectivity index (χ0n) is 17.8. The third-order valence-electron chi connectivity index (χ3n) is 5.30. The van der Waals surface area contributed by atoms with E-state index in [1.54, 1.807) is 14.0 Å². The fourth-order valence-electron chi connectivity index (χ4n) is 3.82. The molecule has 3 aromatic rings. The number of nitrogens with zero attached hydrogens (tertiary/aromatic N) is 3. The quantitative estimate of drug-likeness (QED) is 0.628. The van der Waals surface area contributed by atoms with Gasteiger partial charge in [-0.2, -0.15) is 0 Å². The Balaban J connectivity index is 1.72. The molecule has 8 nitrogen and oxygen atoms in total. The number of ether oxygens (including phenoxy) is 2. The monoisotopic (exact) mass is 440 g/mol. The van der Waals surface area contributed by atoms with E-state index in [4.69, 9.17) is 14.5 Å². The average Bonchev–Trinajstić information content (AvgIpc) is 3.33. The van der Waals surface area contributed by atoms with Crippen molar-refractivity contribution in [3.63, 3.8) is 0 Å². The average molecular weight is 441 g/mol. The van der Waals surface area contributed by atoms with E-state index in [1.807, 2.05) is 41.6 Å². The Hall–Kier alpha value is -3.04. The molecule has 2 aromatic heterocycles. The Labute approximate surface area is 184 Å². The number of ketones is 1. The summed E-state index contributed by atoms with van der Waals surface area (Å²) in [5, 5.41) is 5.91. The number of nitrogens with one attached hydrogen (secondary N) is 1. The number of likely N-dealkylation sites (N-methyl/N-ethyl adjacent to an activating group) is 1. The summed E-state index contributed by atoms with van der Waals surface area (Å²) in [4.78, 5) is 34.5. The molecule has 0 bridgehead atoms. The number of Topliss-reactive ketones (excluding diaryl/α,β-unsaturated/α-hetero) is 1. The van der Waals surface area contributed by atoms with Crippen molar-refractivity contribution in [1.82, 2.24) is 14.9 Å². The molecule has 1 saturated heterocycles. The van der Waals surface area contributed by atoms with Crippen LogP contribution >= 0.6 is 11.3 Å². The number of hydrogen-bond acceptors (Lipinski definition) is 8. The summed E-state index contributed by atoms with van der Waals surface area (Å²) in [6.45, 7) is 3.73. The summed E-state index contributed by atoms with van der Waals surface area (Å²) in [5.41, 5.74) is 2.00. The minimum absolute atomic E-state index is 0.107. The molecule has 0 aliphatic carbocycles. The second kappa shape index (κ2) is 8.60. The Morgan fingerprint density at radius 2 is 2.00 bits per heavy atom. The maximum atomic E-state index is 11.9. The molecule has 1 aliphatic rings. The van der Waals surface area contributed by atoms with Crippen molar-refractivity contribution in [2.45, 2.75) is 32.4 Å². The number of aromatic nitrogens is 2. The van der Waals surface area contributed by atoms with E-state index < -0.39 is 0 Å². The van der Waals surface area contributed by atoms with Gasteiger partial charge in [0.15, 0.2) is 5.13 Å². The third kappa shape index (κ3) is 4.52. The Morgan fingerprint density at radius 1 is 1.19 bits per heavy atom. The van der Waals surface area contributed by atoms with E-state index in [2.05, 4.69) is 10.3 Å². The van der Waals surface area contributed by atoms with Crippen LogP contribution in [0.2, 0.25) is 0 Å². The number of benzene rings is 1. The first-order valence-corrected chi connectivity index (χ1v) is 10.8. The van der Waals surface area contributed by atoms with Crippen molar-refractivity contribution < 1.29 is 19.1 Å². The fourth-order valence-corrected chi connectivity index (χ4v) is 4.57. The van der Waals surface area contributed by atoms with Gasteiger partial charge < -0.3 is 14.8 Å². The second-order valence-corrected chi connectivity index (χ2v) is 8.51. The van der Waals surface area contributed by atoms with Gasteiger partial charge in [-0.25, -0.2) is 9.97 Å². The molecule has 162 valence electrons. The molecule has 2 unspecified atom stereocenters. The molecule has 0 radical (unpaired) electrons. The van der Waals surface area contributed by atoms with Crippen LogP contribution in [0, 0.1) is 0 Å². The number of rotatable bonds is 6. The topological polar surface area (TPSA) is 93.7 Å². The molecule has 1 fully saturated rings. The van der Waals surface area contributed by atoms with Crippen LogP contribution in [0.5, 0.6) is 11.5 Å². The summed E-state index contributed by atoms with van der Waals surface area (Å²) < 4.78 is 11.7. The molecule has 1 N–H and O–H groups in total. The number of carbonyl (C=O) groups excluding carboxylic acids is 2. The number of anilines is 1. The molecule has 0 saturated carbocycles. The van der Waals surface area contributed by atoms with Gasteiger partial charge in [0.25, 0.3) is 0 Å². The number of likely N-dealkylation sites (tertiary alicyclic amines) is 1. The first-order valence-electron chi connectivity index (χ1n) is 9.93. The Bertz CT molecular complexity index is 1150. The maximum absolute atomic E-state index is 11.9. The normalized spacial score (nSPS) is 18.8. The largest absolute Gasteiger partial charge is 0.497 e. The lowest BCUT2D eigenvalue weighted by atomic mass is 10.1. The van der Waals surface area contributed by atoms with Gasteiger partial charge in [0.2, 0.25) is 5.91 Å². The van der Waals surface area contributed by atoms with E-state index in [0.29, 0.717) is 41.0 Å². The number of methoxy groups -OCH3 is 1. The van der Waals surface area contributed by atoms with Crippen LogP contribution in [0.4, 0.5) is 5.13 Å². The van der Waals surface area contributed by atoms with Gasteiger partial charge in [-0.05, 0) is 26.1 Å². The molecule has 1 amide bonds. The zero-order valence-corrected chi connectivity index (χ0v) is 18.7. The van der Waals surface area contributed by atoms with Gasteiger partial charge in [0, 0.05) is 42.8 Å². The van der Waals surface area contributed by atoms with E-state index in [1.165, 1.54) is 18.3 Å². The number of amides is 1. The SMILES string of the molecule is COc1ccc2c(OC3CC(C(C)=O)N(C)C3)cc(-c3csc(NC(C)=O)n3)nc2c1. The lowest BCUT2D eigenvalue weighted by Crippen LogP contribution is -2.31. The minimum Gasteiger partial charge on any atom is -0.497 e. The van der Waals surface area contributed by atoms with E-state index in [0.717, 1.165) is 10.9 Å². The van der Waals surface area contributed by atoms with Gasteiger partial charge in [-0.3, -0.25) is 14.5 Å². The van der Waals surface area contributed by atoms with Crippen LogP contribution in [-0.2, 0) is 9.59 Å². The zero-order chi connectivity index (χ0) is 22.1. The number of hydrogen-bond donors (Lipinski definition) is 1. The molecule has 2 atom stereocenters. The van der Waals surface area contributed by atoms with Crippen LogP contribution in [0.3, 0.4) is 0 Å². The van der Waals surface area contributed by atoms with Gasteiger partial charge in [-0.1, -0.05) is 0 Å². The smallest absolute Gasteiger partial charge is 0.223 e. The number of thiazole rings is 1. The molecule has 31 heavy (non-hydrogen) atoms. The van der Waals surface area contributed by atoms with Gasteiger partial charge >= 0.3 is 0 Å². The first-order chi connectivity index (χ1) is 14.8. The highest BCUT2D eigenvalue weighted by Gasteiger charge is 2.34. The number of fused-ring (bicyclic) bond motifs is 1. The van der Waals surface area contributed by atoms with Crippen molar-refractivity contribution >= 4 is 39.1 Å². The summed E-state index contributed by atoms with van der Waals surface area (Å²) in [7, 11) is 3.55. The maximum Gasteiger partial charge on any atom is 0.223 e. The van der Waals surface area contributed by atoms with Crippen molar-refractivity contribution in [2.75, 3.05) is 26.0 Å². The molecule has 1 aliphatic heterocycles. The Morgan fingerprint density at radius 3 is 2.68 bits per heavy atom. The van der Waals surface area contributed by atoms with Gasteiger partial charge in [0.1, 0.15) is 29.1 Å². The van der Waals surface area contributed by atoms with E-state index in [9.17, 15) is 9.59 Å². The van der Waals surface area contributed by atoms with Crippen molar-refractivity contribution in [3.8, 4) is 22.9 Å². The molecule has 9 heteroatoms. The molecule has 0 spiro atoms. The van der Waals surface area contributed by atoms with Crippen molar-refractivity contribution in [1.29, 1.82) is 0 Å². The van der Waals surface area contributed by atoms with Crippen molar-refractivity contribution in [3.05, 3.63) is 29.6 Å². The van der Waals surface area contributed by atoms with Gasteiger partial charge in [0.05, 0.1) is 24.4 Å². The molecular formula is C22H24N4O4S. The molecule has 3 heterocycles. The third-order valence-corrected chi connectivity index (χ3v) is 6.06. The molecular weight excluding hydrogens is 416 g/mol. The highest BCUT2D eigenvalue weighted by molar-refractivity contribution is 7.14. The summed E-state index contributed by atoms with van der Waals surface area (Å²) in [6, 6.07) is 7.38. The number of pyridine rings is 1.